The molecule has 11 nitrogen and oxygen atoms in total. The summed E-state index contributed by atoms with van der Waals surface area (Å²) in [5.41, 5.74) is 0.998. The number of methoxy groups -OCH3 is 2. The molecule has 0 bridgehead atoms. The van der Waals surface area contributed by atoms with Gasteiger partial charge in [-0.3, -0.25) is 4.79 Å². The van der Waals surface area contributed by atoms with Crippen LogP contribution in [-0.2, 0) is 26.2 Å². The van der Waals surface area contributed by atoms with Crippen LogP contribution in [0, 0.1) is 5.92 Å². The van der Waals surface area contributed by atoms with Crippen molar-refractivity contribution in [3.63, 3.8) is 0 Å². The molecule has 35 heavy (non-hydrogen) atoms. The van der Waals surface area contributed by atoms with Crippen molar-refractivity contribution in [1.82, 2.24) is 18.8 Å². The van der Waals surface area contributed by atoms with Gasteiger partial charge in [-0.25, -0.2) is 4.79 Å². The van der Waals surface area contributed by atoms with Gasteiger partial charge in [-0.2, -0.15) is 17.0 Å². The number of hydrogen-bond acceptors (Lipinski definition) is 7. The van der Waals surface area contributed by atoms with Gasteiger partial charge in [-0.15, -0.1) is 0 Å². The Morgan fingerprint density at radius 1 is 1.03 bits per heavy atom. The highest BCUT2D eigenvalue weighted by Gasteiger charge is 2.37. The highest BCUT2D eigenvalue weighted by Crippen LogP contribution is 2.27. The molecule has 196 valence electrons. The van der Waals surface area contributed by atoms with Crippen LogP contribution < -0.4 is 14.8 Å². The van der Waals surface area contributed by atoms with E-state index < -0.39 is 22.2 Å². The lowest BCUT2D eigenvalue weighted by atomic mass is 9.99. The van der Waals surface area contributed by atoms with Crippen LogP contribution >= 0.6 is 0 Å². The summed E-state index contributed by atoms with van der Waals surface area (Å²) in [6, 6.07) is 5.62. The zero-order valence-electron chi connectivity index (χ0n) is 20.7. The van der Waals surface area contributed by atoms with E-state index in [0.717, 1.165) is 5.56 Å². The second-order valence-corrected chi connectivity index (χ2v) is 10.4. The fraction of sp³-hybridized carbons (Fsp3) is 0.652. The molecule has 2 saturated heterocycles. The molecule has 0 radical (unpaired) electrons. The Bertz CT molecular complexity index is 980. The third kappa shape index (κ3) is 6.77. The monoisotopic (exact) mass is 512 g/mol. The molecule has 0 aliphatic carbocycles. The van der Waals surface area contributed by atoms with Crippen LogP contribution in [-0.4, -0.2) is 101 Å². The summed E-state index contributed by atoms with van der Waals surface area (Å²) in [6.07, 6.45) is 1.46. The molecular weight excluding hydrogens is 476 g/mol. The molecule has 2 aliphatic rings. The third-order valence-corrected chi connectivity index (χ3v) is 8.33. The maximum absolute atomic E-state index is 13.2. The molecule has 2 amide bonds. The summed E-state index contributed by atoms with van der Waals surface area (Å²) in [4.78, 5) is 26.2. The second kappa shape index (κ2) is 12.4. The minimum absolute atomic E-state index is 0.141. The number of benzene rings is 1. The van der Waals surface area contributed by atoms with Gasteiger partial charge in [0.1, 0.15) is 0 Å². The summed E-state index contributed by atoms with van der Waals surface area (Å²) in [7, 11) is -0.554. The van der Waals surface area contributed by atoms with Crippen LogP contribution in [0.15, 0.2) is 18.2 Å². The van der Waals surface area contributed by atoms with E-state index in [4.69, 9.17) is 14.2 Å². The van der Waals surface area contributed by atoms with Crippen LogP contribution in [0.5, 0.6) is 11.5 Å². The van der Waals surface area contributed by atoms with Gasteiger partial charge in [-0.05, 0) is 43.9 Å². The largest absolute Gasteiger partial charge is 0.493 e. The van der Waals surface area contributed by atoms with Crippen LogP contribution in [0.1, 0.15) is 25.3 Å². The molecule has 2 fully saturated rings. The molecule has 0 unspecified atom stereocenters. The van der Waals surface area contributed by atoms with Crippen molar-refractivity contribution in [3.05, 3.63) is 23.8 Å². The Kier molecular flexibility index (Phi) is 9.58. The molecule has 0 aromatic heterocycles. The Morgan fingerprint density at radius 3 is 2.40 bits per heavy atom. The van der Waals surface area contributed by atoms with E-state index in [-0.39, 0.29) is 45.2 Å². The van der Waals surface area contributed by atoms with Gasteiger partial charge in [0, 0.05) is 45.8 Å². The summed E-state index contributed by atoms with van der Waals surface area (Å²) >= 11 is 0. The Morgan fingerprint density at radius 2 is 1.74 bits per heavy atom. The van der Waals surface area contributed by atoms with Crippen molar-refractivity contribution < 1.29 is 32.2 Å². The number of hydrogen-bond donors (Lipinski definition) is 1. The molecule has 1 atom stereocenters. The molecule has 1 aromatic carbocycles. The zero-order chi connectivity index (χ0) is 25.4. The van der Waals surface area contributed by atoms with Gasteiger partial charge in [-0.1, -0.05) is 6.07 Å². The van der Waals surface area contributed by atoms with Gasteiger partial charge in [0.25, 0.3) is 10.2 Å². The highest BCUT2D eigenvalue weighted by atomic mass is 32.2. The first-order valence-corrected chi connectivity index (χ1v) is 13.3. The number of nitrogens with one attached hydrogen (secondary N) is 1. The van der Waals surface area contributed by atoms with Crippen molar-refractivity contribution in [3.8, 4) is 11.5 Å². The van der Waals surface area contributed by atoms with Gasteiger partial charge >= 0.3 is 6.09 Å². The smallest absolute Gasteiger partial charge is 0.409 e. The standard InChI is InChI=1S/C23H36N4O7S/c1-4-34-23(29)25-12-14-26(15-13-25)35(30,31)27-11-5-6-19(17-27)22(28)24-10-9-18-7-8-20(32-2)21(16-18)33-3/h7-8,16,19H,4-6,9-15,17H2,1-3H3,(H,24,28)/t19-/m1/s1. The third-order valence-electron chi connectivity index (χ3n) is 6.33. The first kappa shape index (κ1) is 27.0. The van der Waals surface area contributed by atoms with E-state index in [1.807, 2.05) is 18.2 Å². The Balaban J connectivity index is 1.50. The summed E-state index contributed by atoms with van der Waals surface area (Å²) in [6.45, 7) is 3.98. The topological polar surface area (TPSA) is 118 Å². The normalized spacial score (nSPS) is 19.7. The molecular formula is C23H36N4O7S. The first-order valence-electron chi connectivity index (χ1n) is 12.0. The van der Waals surface area contributed by atoms with Gasteiger partial charge < -0.3 is 24.4 Å². The Hall–Kier alpha value is -2.57. The van der Waals surface area contributed by atoms with Gasteiger partial charge in [0.05, 0.1) is 26.7 Å². The molecule has 0 spiro atoms. The molecule has 12 heteroatoms. The summed E-state index contributed by atoms with van der Waals surface area (Å²) < 4.78 is 44.7. The zero-order valence-corrected chi connectivity index (χ0v) is 21.5. The fourth-order valence-electron chi connectivity index (χ4n) is 4.36. The van der Waals surface area contributed by atoms with E-state index in [1.165, 1.54) is 13.5 Å². The second-order valence-electron chi connectivity index (χ2n) is 8.52. The SMILES string of the molecule is CCOC(=O)N1CCN(S(=O)(=O)N2CCC[C@@H](C(=O)NCCc3ccc(OC)c(OC)c3)C2)CC1. The number of piperidine rings is 1. The number of rotatable bonds is 9. The first-order chi connectivity index (χ1) is 16.8. The average molecular weight is 513 g/mol. The predicted molar refractivity (Wildman–Crippen MR) is 130 cm³/mol. The van der Waals surface area contributed by atoms with Crippen molar-refractivity contribution in [2.45, 2.75) is 26.2 Å². The fourth-order valence-corrected chi connectivity index (χ4v) is 6.04. The minimum atomic E-state index is -3.71. The van der Waals surface area contributed by atoms with Crippen LogP contribution in [0.25, 0.3) is 0 Å². The number of ether oxygens (including phenoxy) is 3. The predicted octanol–water partition coefficient (Wildman–Crippen LogP) is 1.09. The van der Waals surface area contributed by atoms with E-state index in [0.29, 0.717) is 43.9 Å². The molecule has 0 saturated carbocycles. The number of carbonyl (C=O) groups excluding carboxylic acids is 2. The van der Waals surface area contributed by atoms with Crippen molar-refractivity contribution in [2.75, 3.05) is 66.6 Å². The molecule has 1 aromatic rings. The number of carbonyl (C=O) groups is 2. The van der Waals surface area contributed by atoms with E-state index >= 15 is 0 Å². The lowest BCUT2D eigenvalue weighted by Gasteiger charge is -2.38. The lowest BCUT2D eigenvalue weighted by molar-refractivity contribution is -0.126. The van der Waals surface area contributed by atoms with Crippen molar-refractivity contribution in [2.24, 2.45) is 5.92 Å². The van der Waals surface area contributed by atoms with E-state index in [9.17, 15) is 18.0 Å². The maximum Gasteiger partial charge on any atom is 0.409 e. The summed E-state index contributed by atoms with van der Waals surface area (Å²) in [5, 5.41) is 2.94. The van der Waals surface area contributed by atoms with Crippen molar-refractivity contribution in [1.29, 1.82) is 0 Å². The highest BCUT2D eigenvalue weighted by molar-refractivity contribution is 7.86. The molecule has 3 rings (SSSR count). The number of nitrogens with zero attached hydrogens (tertiary/aromatic N) is 3. The quantitative estimate of drug-likeness (QED) is 0.526. The van der Waals surface area contributed by atoms with Gasteiger partial charge in [0.2, 0.25) is 5.91 Å². The maximum atomic E-state index is 13.2. The molecule has 2 aliphatic heterocycles. The number of piperazine rings is 1. The van der Waals surface area contributed by atoms with E-state index in [1.54, 1.807) is 21.1 Å². The number of amides is 2. The average Bonchev–Trinajstić information content (AvgIpc) is 2.88. The molecule has 1 N–H and O–H groups in total. The lowest BCUT2D eigenvalue weighted by Crippen LogP contribution is -2.56. The summed E-state index contributed by atoms with van der Waals surface area (Å²) in [5.74, 6) is 0.737. The van der Waals surface area contributed by atoms with Crippen LogP contribution in [0.3, 0.4) is 0 Å². The molecule has 2 heterocycles. The Labute approximate surface area is 207 Å². The van der Waals surface area contributed by atoms with Crippen LogP contribution in [0.2, 0.25) is 0 Å². The van der Waals surface area contributed by atoms with E-state index in [2.05, 4.69) is 5.32 Å². The van der Waals surface area contributed by atoms with Gasteiger partial charge in [0.15, 0.2) is 11.5 Å². The van der Waals surface area contributed by atoms with Crippen LogP contribution in [0.4, 0.5) is 4.79 Å². The minimum Gasteiger partial charge on any atom is -0.493 e. The van der Waals surface area contributed by atoms with Crippen molar-refractivity contribution >= 4 is 22.2 Å².